The van der Waals surface area contributed by atoms with E-state index in [1.54, 1.807) is 0 Å². The minimum absolute atomic E-state index is 0. The largest absolute Gasteiger partial charge is 0.348 e. The lowest BCUT2D eigenvalue weighted by molar-refractivity contribution is -0.114. The molecule has 1 heterocycles. The van der Waals surface area contributed by atoms with Gasteiger partial charge in [-0.2, -0.15) is 0 Å². The van der Waals surface area contributed by atoms with E-state index < -0.39 is 5.82 Å². The minimum atomic E-state index is -0.567. The van der Waals surface area contributed by atoms with Crippen LogP contribution in [-0.4, -0.2) is 31.4 Å². The van der Waals surface area contributed by atoms with Crippen molar-refractivity contribution in [2.75, 3.05) is 25.0 Å². The molecule has 3 N–H and O–H groups in total. The third-order valence-electron chi connectivity index (χ3n) is 3.17. The Bertz CT molecular complexity index is 590. The average molecular weight is 328 g/mol. The molecule has 0 unspecified atom stereocenters. The van der Waals surface area contributed by atoms with E-state index in [0.717, 1.165) is 19.5 Å². The molecule has 0 spiro atoms. The minimum Gasteiger partial charge on any atom is -0.348 e. The fourth-order valence-corrected chi connectivity index (χ4v) is 2.08. The maximum atomic E-state index is 13.5. The van der Waals surface area contributed by atoms with E-state index in [0.29, 0.717) is 12.1 Å². The molecule has 0 aliphatic carbocycles. The molecule has 1 aromatic rings. The highest BCUT2D eigenvalue weighted by Crippen LogP contribution is 2.16. The highest BCUT2D eigenvalue weighted by Gasteiger charge is 2.11. The Morgan fingerprint density at radius 2 is 2.14 bits per heavy atom. The van der Waals surface area contributed by atoms with Gasteiger partial charge in [0.2, 0.25) is 5.91 Å². The normalized spacial score (nSPS) is 13.6. The van der Waals surface area contributed by atoms with Gasteiger partial charge in [-0.15, -0.1) is 12.4 Å². The third-order valence-corrected chi connectivity index (χ3v) is 3.17. The van der Waals surface area contributed by atoms with Gasteiger partial charge in [-0.05, 0) is 31.2 Å². The first-order valence-corrected chi connectivity index (χ1v) is 6.80. The predicted octanol–water partition coefficient (Wildman–Crippen LogP) is 1.86. The van der Waals surface area contributed by atoms with Crippen molar-refractivity contribution in [2.45, 2.75) is 13.3 Å². The summed E-state index contributed by atoms with van der Waals surface area (Å²) in [6.45, 7) is 3.49. The lowest BCUT2D eigenvalue weighted by Gasteiger charge is -2.15. The summed E-state index contributed by atoms with van der Waals surface area (Å²) in [6.07, 6.45) is 2.96. The summed E-state index contributed by atoms with van der Waals surface area (Å²) in [4.78, 5) is 23.0. The molecule has 0 aromatic heterocycles. The Labute approximate surface area is 134 Å². The molecule has 0 radical (unpaired) electrons. The first-order valence-electron chi connectivity index (χ1n) is 6.80. The summed E-state index contributed by atoms with van der Waals surface area (Å²) in [6, 6.07) is 3.90. The molecule has 2 rings (SSSR count). The zero-order chi connectivity index (χ0) is 15.2. The number of benzene rings is 1. The molecule has 5 nitrogen and oxygen atoms in total. The molecular weight excluding hydrogens is 309 g/mol. The van der Waals surface area contributed by atoms with E-state index in [9.17, 15) is 14.0 Å². The van der Waals surface area contributed by atoms with Gasteiger partial charge in [0.15, 0.2) is 0 Å². The van der Waals surface area contributed by atoms with Crippen LogP contribution in [0.3, 0.4) is 0 Å². The second-order valence-corrected chi connectivity index (χ2v) is 4.87. The van der Waals surface area contributed by atoms with Gasteiger partial charge in [-0.1, -0.05) is 11.6 Å². The maximum Gasteiger partial charge on any atom is 0.251 e. The second-order valence-electron chi connectivity index (χ2n) is 4.87. The van der Waals surface area contributed by atoms with Gasteiger partial charge in [0.1, 0.15) is 5.82 Å². The Kier molecular flexibility index (Phi) is 7.01. The van der Waals surface area contributed by atoms with Crippen LogP contribution in [0.5, 0.6) is 0 Å². The van der Waals surface area contributed by atoms with E-state index >= 15 is 0 Å². The fourth-order valence-electron chi connectivity index (χ4n) is 2.08. The zero-order valence-corrected chi connectivity index (χ0v) is 13.1. The van der Waals surface area contributed by atoms with Gasteiger partial charge in [-0.3, -0.25) is 9.59 Å². The number of hydrogen-bond donors (Lipinski definition) is 3. The Hall–Kier alpha value is -1.92. The summed E-state index contributed by atoms with van der Waals surface area (Å²) in [5, 5.41) is 8.35. The van der Waals surface area contributed by atoms with Crippen LogP contribution in [0.2, 0.25) is 0 Å². The second kappa shape index (κ2) is 8.51. The van der Waals surface area contributed by atoms with Crippen LogP contribution >= 0.6 is 12.4 Å². The summed E-state index contributed by atoms with van der Waals surface area (Å²) in [5.74, 6) is -1.24. The number of halogens is 2. The Morgan fingerprint density at radius 3 is 2.77 bits per heavy atom. The molecule has 0 bridgehead atoms. The molecule has 1 aliphatic rings. The van der Waals surface area contributed by atoms with Gasteiger partial charge >= 0.3 is 0 Å². The van der Waals surface area contributed by atoms with E-state index in [2.05, 4.69) is 22.0 Å². The van der Waals surface area contributed by atoms with Crippen LogP contribution < -0.4 is 16.0 Å². The lowest BCUT2D eigenvalue weighted by atomic mass is 10.1. The van der Waals surface area contributed by atoms with Crippen LogP contribution in [0.1, 0.15) is 23.7 Å². The molecule has 1 aromatic carbocycles. The van der Waals surface area contributed by atoms with Crippen molar-refractivity contribution < 1.29 is 14.0 Å². The number of rotatable bonds is 4. The van der Waals surface area contributed by atoms with E-state index in [1.165, 1.54) is 30.7 Å². The number of anilines is 1. The number of carbonyl (C=O) groups excluding carboxylic acids is 2. The van der Waals surface area contributed by atoms with Gasteiger partial charge in [0, 0.05) is 25.6 Å². The molecule has 0 saturated heterocycles. The number of amides is 2. The van der Waals surface area contributed by atoms with Gasteiger partial charge in [0.25, 0.3) is 5.91 Å². The van der Waals surface area contributed by atoms with Crippen molar-refractivity contribution in [3.05, 3.63) is 41.2 Å². The van der Waals surface area contributed by atoms with E-state index in [-0.39, 0.29) is 29.9 Å². The number of nitrogens with one attached hydrogen (secondary N) is 3. The fraction of sp³-hybridized carbons (Fsp3) is 0.333. The topological polar surface area (TPSA) is 70.2 Å². The average Bonchev–Trinajstić information content (AvgIpc) is 2.47. The summed E-state index contributed by atoms with van der Waals surface area (Å²) >= 11 is 0. The Balaban J connectivity index is 0.00000242. The van der Waals surface area contributed by atoms with Crippen LogP contribution in [0, 0.1) is 5.82 Å². The molecule has 0 fully saturated rings. The van der Waals surface area contributed by atoms with Crippen LogP contribution in [0.25, 0.3) is 0 Å². The summed E-state index contributed by atoms with van der Waals surface area (Å²) < 4.78 is 13.5. The monoisotopic (exact) mass is 327 g/mol. The molecule has 0 atom stereocenters. The molecule has 22 heavy (non-hydrogen) atoms. The number of carbonyl (C=O) groups is 2. The van der Waals surface area contributed by atoms with Crippen molar-refractivity contribution in [2.24, 2.45) is 0 Å². The molecule has 2 amide bonds. The molecule has 120 valence electrons. The quantitative estimate of drug-likeness (QED) is 0.739. The number of hydrogen-bond acceptors (Lipinski definition) is 3. The first kappa shape index (κ1) is 18.1. The zero-order valence-electron chi connectivity index (χ0n) is 12.2. The molecule has 1 aliphatic heterocycles. The van der Waals surface area contributed by atoms with Gasteiger partial charge < -0.3 is 16.0 Å². The highest BCUT2D eigenvalue weighted by molar-refractivity contribution is 5.97. The van der Waals surface area contributed by atoms with E-state index in [4.69, 9.17) is 0 Å². The summed E-state index contributed by atoms with van der Waals surface area (Å²) in [5.41, 5.74) is 1.50. The molecule has 7 heteroatoms. The van der Waals surface area contributed by atoms with Crippen molar-refractivity contribution in [1.29, 1.82) is 0 Å². The first-order chi connectivity index (χ1) is 10.1. The van der Waals surface area contributed by atoms with Gasteiger partial charge in [0.05, 0.1) is 5.69 Å². The molecule has 0 saturated carbocycles. The van der Waals surface area contributed by atoms with Crippen molar-refractivity contribution in [1.82, 2.24) is 10.6 Å². The van der Waals surface area contributed by atoms with Crippen molar-refractivity contribution >= 4 is 29.9 Å². The van der Waals surface area contributed by atoms with Crippen LogP contribution in [-0.2, 0) is 4.79 Å². The standard InChI is InChI=1S/C15H18FN3O2.ClH/c1-10(20)19-14-8-12(2-3-13(14)16)15(21)18-9-11-4-6-17-7-5-11;/h2-4,8,17H,5-7,9H2,1H3,(H,18,21)(H,19,20);1H. The smallest absolute Gasteiger partial charge is 0.251 e. The third kappa shape index (κ3) is 5.13. The van der Waals surface area contributed by atoms with Gasteiger partial charge in [-0.25, -0.2) is 4.39 Å². The lowest BCUT2D eigenvalue weighted by Crippen LogP contribution is -2.29. The molecular formula is C15H19ClFN3O2. The maximum absolute atomic E-state index is 13.5. The SMILES string of the molecule is CC(=O)Nc1cc(C(=O)NCC2=CCNCC2)ccc1F.Cl. The van der Waals surface area contributed by atoms with E-state index in [1.807, 2.05) is 0 Å². The van der Waals surface area contributed by atoms with Crippen LogP contribution in [0.15, 0.2) is 29.8 Å². The highest BCUT2D eigenvalue weighted by atomic mass is 35.5. The summed E-state index contributed by atoms with van der Waals surface area (Å²) in [7, 11) is 0. The Morgan fingerprint density at radius 1 is 1.36 bits per heavy atom. The van der Waals surface area contributed by atoms with Crippen LogP contribution in [0.4, 0.5) is 10.1 Å². The van der Waals surface area contributed by atoms with Crippen molar-refractivity contribution in [3.63, 3.8) is 0 Å². The predicted molar refractivity (Wildman–Crippen MR) is 85.9 cm³/mol. The van der Waals surface area contributed by atoms with Crippen molar-refractivity contribution in [3.8, 4) is 0 Å².